The van der Waals surface area contributed by atoms with Gasteiger partial charge in [0.25, 0.3) is 5.91 Å². The zero-order chi connectivity index (χ0) is 21.4. The molecule has 0 radical (unpaired) electrons. The van der Waals surface area contributed by atoms with Crippen molar-refractivity contribution >= 4 is 17.5 Å². The van der Waals surface area contributed by atoms with Crippen LogP contribution >= 0.6 is 11.6 Å². The van der Waals surface area contributed by atoms with Gasteiger partial charge < -0.3 is 9.64 Å². The fourth-order valence-electron chi connectivity index (χ4n) is 4.23. The van der Waals surface area contributed by atoms with Crippen molar-refractivity contribution in [2.24, 2.45) is 11.8 Å². The van der Waals surface area contributed by atoms with Crippen molar-refractivity contribution < 1.29 is 9.53 Å². The number of nitrogens with zero attached hydrogens (tertiary/aromatic N) is 5. The third kappa shape index (κ3) is 4.10. The lowest BCUT2D eigenvalue weighted by atomic mass is 10.0. The molecule has 3 atom stereocenters. The molecule has 1 saturated carbocycles. The number of rotatable bonds is 5. The van der Waals surface area contributed by atoms with Gasteiger partial charge in [-0.25, -0.2) is 19.9 Å². The highest BCUT2D eigenvalue weighted by Crippen LogP contribution is 2.47. The van der Waals surface area contributed by atoms with Crippen LogP contribution in [0.3, 0.4) is 0 Å². The molecule has 7 nitrogen and oxygen atoms in total. The lowest BCUT2D eigenvalue weighted by Gasteiger charge is -2.35. The Kier molecular flexibility index (Phi) is 5.28. The second-order valence-electron chi connectivity index (χ2n) is 8.13. The SMILES string of the molecule is Cc1ccc(-c2ncccn2)c(C(=O)N2CC3CC3CC2COc2ncccc2Cl)n1. The molecule has 0 aromatic carbocycles. The lowest BCUT2D eigenvalue weighted by molar-refractivity contribution is 0.0503. The van der Waals surface area contributed by atoms with Crippen LogP contribution in [0.25, 0.3) is 11.4 Å². The van der Waals surface area contributed by atoms with Gasteiger partial charge in [-0.3, -0.25) is 4.79 Å². The Bertz CT molecular complexity index is 1110. The van der Waals surface area contributed by atoms with Crippen molar-refractivity contribution in [3.8, 4) is 17.3 Å². The minimum Gasteiger partial charge on any atom is -0.474 e. The van der Waals surface area contributed by atoms with Gasteiger partial charge in [-0.1, -0.05) is 11.6 Å². The molecule has 3 aromatic heterocycles. The van der Waals surface area contributed by atoms with E-state index in [9.17, 15) is 4.79 Å². The second-order valence-corrected chi connectivity index (χ2v) is 8.53. The standard InChI is InChI=1S/C23H22ClN5O2/c1-14-5-6-18(21-25-8-3-9-26-21)20(28-14)23(30)29-12-16-10-15(16)11-17(29)13-31-22-19(24)4-2-7-27-22/h2-9,15-17H,10-13H2,1H3. The molecule has 1 aliphatic heterocycles. The fourth-order valence-corrected chi connectivity index (χ4v) is 4.41. The van der Waals surface area contributed by atoms with Gasteiger partial charge in [0.15, 0.2) is 5.82 Å². The summed E-state index contributed by atoms with van der Waals surface area (Å²) < 4.78 is 5.92. The maximum absolute atomic E-state index is 13.7. The number of ether oxygens (including phenoxy) is 1. The lowest BCUT2D eigenvalue weighted by Crippen LogP contribution is -2.48. The van der Waals surface area contributed by atoms with E-state index in [1.807, 2.05) is 24.0 Å². The summed E-state index contributed by atoms with van der Waals surface area (Å²) in [6.07, 6.45) is 7.04. The van der Waals surface area contributed by atoms with E-state index in [0.717, 1.165) is 18.5 Å². The number of hydrogen-bond acceptors (Lipinski definition) is 6. The summed E-state index contributed by atoms with van der Waals surface area (Å²) in [4.78, 5) is 33.0. The van der Waals surface area contributed by atoms with E-state index in [1.165, 1.54) is 0 Å². The zero-order valence-electron chi connectivity index (χ0n) is 17.1. The summed E-state index contributed by atoms with van der Waals surface area (Å²) >= 11 is 6.19. The first-order valence-corrected chi connectivity index (χ1v) is 10.8. The molecular weight excluding hydrogens is 414 g/mol. The number of likely N-dealkylation sites (tertiary alicyclic amines) is 1. The molecule has 2 fully saturated rings. The summed E-state index contributed by atoms with van der Waals surface area (Å²) in [5, 5.41) is 0.462. The van der Waals surface area contributed by atoms with Crippen LogP contribution in [0.2, 0.25) is 5.02 Å². The topological polar surface area (TPSA) is 81.1 Å². The maximum atomic E-state index is 13.7. The van der Waals surface area contributed by atoms with E-state index in [0.29, 0.717) is 53.0 Å². The average molecular weight is 436 g/mol. The third-order valence-electron chi connectivity index (χ3n) is 5.96. The Balaban J connectivity index is 1.43. The van der Waals surface area contributed by atoms with Gasteiger partial charge >= 0.3 is 0 Å². The summed E-state index contributed by atoms with van der Waals surface area (Å²) in [7, 11) is 0. The Hall–Kier alpha value is -3.06. The van der Waals surface area contributed by atoms with E-state index in [4.69, 9.17) is 16.3 Å². The largest absolute Gasteiger partial charge is 0.474 e. The van der Waals surface area contributed by atoms with Crippen LogP contribution in [0.5, 0.6) is 5.88 Å². The van der Waals surface area contributed by atoms with Crippen LogP contribution in [0.15, 0.2) is 48.9 Å². The van der Waals surface area contributed by atoms with Gasteiger partial charge in [0.2, 0.25) is 5.88 Å². The molecule has 0 bridgehead atoms. The van der Waals surface area contributed by atoms with Crippen molar-refractivity contribution in [2.45, 2.75) is 25.8 Å². The third-order valence-corrected chi connectivity index (χ3v) is 6.25. The van der Waals surface area contributed by atoms with Gasteiger partial charge in [0.05, 0.1) is 11.6 Å². The number of fused-ring (bicyclic) bond motifs is 1. The number of aryl methyl sites for hydroxylation is 1. The Morgan fingerprint density at radius 3 is 2.71 bits per heavy atom. The van der Waals surface area contributed by atoms with Crippen molar-refractivity contribution in [3.63, 3.8) is 0 Å². The summed E-state index contributed by atoms with van der Waals surface area (Å²) in [6.45, 7) is 2.93. The van der Waals surface area contributed by atoms with Crippen molar-refractivity contribution in [3.05, 3.63) is 65.3 Å². The molecule has 31 heavy (non-hydrogen) atoms. The van der Waals surface area contributed by atoms with E-state index in [1.54, 1.807) is 36.8 Å². The first kappa shape index (κ1) is 19.9. The number of piperidine rings is 1. The molecular formula is C23H22ClN5O2. The molecule has 4 heterocycles. The van der Waals surface area contributed by atoms with Gasteiger partial charge in [0.1, 0.15) is 17.3 Å². The Labute approximate surface area is 185 Å². The van der Waals surface area contributed by atoms with Gasteiger partial charge in [-0.05, 0) is 61.9 Å². The number of carbonyl (C=O) groups excluding carboxylic acids is 1. The number of pyridine rings is 2. The number of hydrogen-bond donors (Lipinski definition) is 0. The highest BCUT2D eigenvalue weighted by molar-refractivity contribution is 6.31. The minimum absolute atomic E-state index is 0.0684. The van der Waals surface area contributed by atoms with Crippen LogP contribution in [0.1, 0.15) is 29.0 Å². The minimum atomic E-state index is -0.114. The van der Waals surface area contributed by atoms with E-state index < -0.39 is 0 Å². The fraction of sp³-hybridized carbons (Fsp3) is 0.348. The zero-order valence-corrected chi connectivity index (χ0v) is 17.9. The Morgan fingerprint density at radius 1 is 1.10 bits per heavy atom. The number of halogens is 1. The molecule has 0 N–H and O–H groups in total. The number of amides is 1. The molecule has 5 rings (SSSR count). The number of aromatic nitrogens is 4. The molecule has 1 saturated heterocycles. The van der Waals surface area contributed by atoms with Crippen molar-refractivity contribution in [1.82, 2.24) is 24.8 Å². The molecule has 8 heteroatoms. The molecule has 1 amide bonds. The molecule has 158 valence electrons. The normalized spacial score (nSPS) is 22.0. The second kappa shape index (κ2) is 8.23. The van der Waals surface area contributed by atoms with E-state index >= 15 is 0 Å². The van der Waals surface area contributed by atoms with Crippen LogP contribution in [-0.4, -0.2) is 49.9 Å². The van der Waals surface area contributed by atoms with E-state index in [-0.39, 0.29) is 11.9 Å². The van der Waals surface area contributed by atoms with E-state index in [2.05, 4.69) is 19.9 Å². The monoisotopic (exact) mass is 435 g/mol. The molecule has 0 spiro atoms. The van der Waals surface area contributed by atoms with Crippen molar-refractivity contribution in [2.75, 3.05) is 13.2 Å². The van der Waals surface area contributed by atoms with Gasteiger partial charge in [-0.15, -0.1) is 0 Å². The van der Waals surface area contributed by atoms with Gasteiger partial charge in [-0.2, -0.15) is 0 Å². The molecule has 3 aromatic rings. The van der Waals surface area contributed by atoms with Crippen LogP contribution in [0.4, 0.5) is 0 Å². The molecule has 2 aliphatic rings. The molecule has 1 aliphatic carbocycles. The first-order valence-electron chi connectivity index (χ1n) is 10.4. The number of carbonyl (C=O) groups is 1. The maximum Gasteiger partial charge on any atom is 0.273 e. The van der Waals surface area contributed by atoms with Crippen LogP contribution in [0, 0.1) is 18.8 Å². The predicted molar refractivity (Wildman–Crippen MR) is 116 cm³/mol. The smallest absolute Gasteiger partial charge is 0.273 e. The highest BCUT2D eigenvalue weighted by atomic mass is 35.5. The summed E-state index contributed by atoms with van der Waals surface area (Å²) in [5.41, 5.74) is 1.80. The highest BCUT2D eigenvalue weighted by Gasteiger charge is 2.47. The summed E-state index contributed by atoms with van der Waals surface area (Å²) in [5.74, 6) is 1.98. The van der Waals surface area contributed by atoms with Crippen LogP contribution < -0.4 is 4.74 Å². The predicted octanol–water partition coefficient (Wildman–Crippen LogP) is 3.83. The van der Waals surface area contributed by atoms with Crippen LogP contribution in [-0.2, 0) is 0 Å². The average Bonchev–Trinajstić information content (AvgIpc) is 3.56. The summed E-state index contributed by atoms with van der Waals surface area (Å²) in [6, 6.07) is 8.93. The molecule has 3 unspecified atom stereocenters. The Morgan fingerprint density at radius 2 is 1.90 bits per heavy atom. The van der Waals surface area contributed by atoms with Gasteiger partial charge in [0, 0.05) is 30.8 Å². The quantitative estimate of drug-likeness (QED) is 0.606. The van der Waals surface area contributed by atoms with Crippen molar-refractivity contribution in [1.29, 1.82) is 0 Å². The first-order chi connectivity index (χ1) is 15.1.